The van der Waals surface area contributed by atoms with Crippen molar-refractivity contribution in [2.45, 2.75) is 12.2 Å². The van der Waals surface area contributed by atoms with Crippen LogP contribution in [0.5, 0.6) is 0 Å². The second-order valence-corrected chi connectivity index (χ2v) is 7.74. The third-order valence-electron chi connectivity index (χ3n) is 4.00. The van der Waals surface area contributed by atoms with E-state index in [-0.39, 0.29) is 23.0 Å². The minimum absolute atomic E-state index is 0. The van der Waals surface area contributed by atoms with E-state index in [0.29, 0.717) is 17.4 Å². The molecule has 1 atom stereocenters. The maximum absolute atomic E-state index is 13.6. The van der Waals surface area contributed by atoms with Crippen molar-refractivity contribution in [2.24, 2.45) is 0 Å². The number of hydrogen-bond acceptors (Lipinski definition) is 3. The summed E-state index contributed by atoms with van der Waals surface area (Å²) in [4.78, 5) is 2.85. The highest BCUT2D eigenvalue weighted by atomic mass is 35.5. The summed E-state index contributed by atoms with van der Waals surface area (Å²) in [5, 5.41) is 3.30. The Morgan fingerprint density at radius 2 is 1.76 bits per heavy atom. The molecule has 0 unspecified atom stereocenters. The predicted molar refractivity (Wildman–Crippen MR) is 99.3 cm³/mol. The van der Waals surface area contributed by atoms with Gasteiger partial charge < -0.3 is 5.32 Å². The standard InChI is InChI=1S/C16H15Cl2F3N2S.ClH/c17-10-1-2-11(12(9-10)16(19,20)21)15(13-3-4-14(18)24-13)23-7-5-22-6-8-23;/h1-4,9,15,22H,5-8H2;1H/t15-;/m1./s1. The molecule has 2 nitrogen and oxygen atoms in total. The summed E-state index contributed by atoms with van der Waals surface area (Å²) in [6.45, 7) is 2.81. The lowest BCUT2D eigenvalue weighted by molar-refractivity contribution is -0.138. The molecule has 138 valence electrons. The van der Waals surface area contributed by atoms with E-state index in [9.17, 15) is 13.2 Å². The lowest BCUT2D eigenvalue weighted by Crippen LogP contribution is -2.45. The molecule has 1 aliphatic rings. The summed E-state index contributed by atoms with van der Waals surface area (Å²) in [6.07, 6.45) is -4.46. The molecule has 1 aliphatic heterocycles. The Labute approximate surface area is 164 Å². The fraction of sp³-hybridized carbons (Fsp3) is 0.375. The lowest BCUT2D eigenvalue weighted by Gasteiger charge is -2.35. The number of hydrogen-bond donors (Lipinski definition) is 1. The van der Waals surface area contributed by atoms with Crippen molar-refractivity contribution in [3.8, 4) is 0 Å². The monoisotopic (exact) mass is 430 g/mol. The second-order valence-electron chi connectivity index (χ2n) is 5.56. The van der Waals surface area contributed by atoms with Gasteiger partial charge in [-0.25, -0.2) is 0 Å². The number of nitrogens with one attached hydrogen (secondary N) is 1. The van der Waals surface area contributed by atoms with Gasteiger partial charge in [-0.2, -0.15) is 13.2 Å². The summed E-state index contributed by atoms with van der Waals surface area (Å²) >= 11 is 13.2. The molecule has 0 bridgehead atoms. The Hall–Kier alpha value is -0.500. The van der Waals surface area contributed by atoms with Gasteiger partial charge in [-0.15, -0.1) is 23.7 Å². The van der Waals surface area contributed by atoms with Gasteiger partial charge in [-0.1, -0.05) is 29.3 Å². The molecule has 1 N–H and O–H groups in total. The van der Waals surface area contributed by atoms with E-state index < -0.39 is 17.8 Å². The first-order valence-electron chi connectivity index (χ1n) is 7.43. The fourth-order valence-corrected chi connectivity index (χ4v) is 4.35. The highest BCUT2D eigenvalue weighted by molar-refractivity contribution is 7.16. The number of rotatable bonds is 3. The van der Waals surface area contributed by atoms with Crippen molar-refractivity contribution in [1.82, 2.24) is 10.2 Å². The van der Waals surface area contributed by atoms with E-state index in [2.05, 4.69) is 10.2 Å². The second kappa shape index (κ2) is 8.46. The van der Waals surface area contributed by atoms with Gasteiger partial charge in [0.25, 0.3) is 0 Å². The van der Waals surface area contributed by atoms with Crippen LogP contribution in [0.25, 0.3) is 0 Å². The van der Waals surface area contributed by atoms with Crippen LogP contribution in [-0.2, 0) is 6.18 Å². The number of alkyl halides is 3. The van der Waals surface area contributed by atoms with Gasteiger partial charge in [0.15, 0.2) is 0 Å². The molecule has 1 saturated heterocycles. The van der Waals surface area contributed by atoms with Crippen molar-refractivity contribution >= 4 is 46.9 Å². The molecular weight excluding hydrogens is 416 g/mol. The summed E-state index contributed by atoms with van der Waals surface area (Å²) in [7, 11) is 0. The molecule has 2 aromatic rings. The highest BCUT2D eigenvalue weighted by Gasteiger charge is 2.38. The average Bonchev–Trinajstić information content (AvgIpc) is 2.95. The Morgan fingerprint density at radius 3 is 2.32 bits per heavy atom. The van der Waals surface area contributed by atoms with Crippen LogP contribution >= 0.6 is 46.9 Å². The smallest absolute Gasteiger partial charge is 0.314 e. The first kappa shape index (κ1) is 20.8. The molecule has 0 aliphatic carbocycles. The van der Waals surface area contributed by atoms with Gasteiger partial charge in [0.05, 0.1) is 15.9 Å². The molecule has 1 aromatic heterocycles. The first-order valence-corrected chi connectivity index (χ1v) is 9.00. The fourth-order valence-electron chi connectivity index (χ4n) is 2.96. The molecule has 1 aromatic carbocycles. The molecule has 0 radical (unpaired) electrons. The van der Waals surface area contributed by atoms with Crippen molar-refractivity contribution in [2.75, 3.05) is 26.2 Å². The maximum Gasteiger partial charge on any atom is 0.416 e. The summed E-state index contributed by atoms with van der Waals surface area (Å²) in [5.41, 5.74) is -0.477. The largest absolute Gasteiger partial charge is 0.416 e. The molecule has 3 rings (SSSR count). The third-order valence-corrected chi connectivity index (χ3v) is 5.51. The third kappa shape index (κ3) is 4.81. The van der Waals surface area contributed by atoms with Crippen molar-refractivity contribution in [3.05, 3.63) is 55.7 Å². The number of halogens is 6. The quantitative estimate of drug-likeness (QED) is 0.691. The topological polar surface area (TPSA) is 15.3 Å². The Kier molecular flexibility index (Phi) is 7.04. The molecule has 9 heteroatoms. The van der Waals surface area contributed by atoms with Crippen molar-refractivity contribution < 1.29 is 13.2 Å². The molecule has 0 amide bonds. The van der Waals surface area contributed by atoms with E-state index in [1.54, 1.807) is 12.1 Å². The van der Waals surface area contributed by atoms with E-state index in [0.717, 1.165) is 24.0 Å². The van der Waals surface area contributed by atoms with Gasteiger partial charge in [-0.05, 0) is 29.8 Å². The molecule has 25 heavy (non-hydrogen) atoms. The van der Waals surface area contributed by atoms with Crippen molar-refractivity contribution in [3.63, 3.8) is 0 Å². The first-order chi connectivity index (χ1) is 11.4. The number of piperazine rings is 1. The number of benzene rings is 1. The van der Waals surface area contributed by atoms with Crippen LogP contribution in [0.1, 0.15) is 22.0 Å². The Bertz CT molecular complexity index is 715. The molecule has 0 spiro atoms. The Balaban J connectivity index is 0.00000225. The zero-order chi connectivity index (χ0) is 17.3. The van der Waals surface area contributed by atoms with Crippen LogP contribution < -0.4 is 5.32 Å². The van der Waals surface area contributed by atoms with Gasteiger partial charge in [0.1, 0.15) is 0 Å². The van der Waals surface area contributed by atoms with E-state index >= 15 is 0 Å². The predicted octanol–water partition coefficient (Wildman–Crippen LogP) is 5.49. The van der Waals surface area contributed by atoms with Crippen LogP contribution in [0.2, 0.25) is 9.36 Å². The normalized spacial score (nSPS) is 17.2. The van der Waals surface area contributed by atoms with Crippen molar-refractivity contribution in [1.29, 1.82) is 0 Å². The van der Waals surface area contributed by atoms with E-state index in [1.807, 2.05) is 0 Å². The molecule has 2 heterocycles. The molecule has 0 saturated carbocycles. The van der Waals surface area contributed by atoms with Gasteiger partial charge in [-0.3, -0.25) is 4.90 Å². The summed E-state index contributed by atoms with van der Waals surface area (Å²) in [6, 6.07) is 7.02. The summed E-state index contributed by atoms with van der Waals surface area (Å²) in [5.74, 6) is 0. The van der Waals surface area contributed by atoms with Gasteiger partial charge >= 0.3 is 6.18 Å². The Morgan fingerprint density at radius 1 is 1.08 bits per heavy atom. The van der Waals surface area contributed by atoms with Crippen LogP contribution in [0, 0.1) is 0 Å². The zero-order valence-corrected chi connectivity index (χ0v) is 16.1. The minimum Gasteiger partial charge on any atom is -0.314 e. The van der Waals surface area contributed by atoms with Crippen LogP contribution in [0.4, 0.5) is 13.2 Å². The van der Waals surface area contributed by atoms with Crippen LogP contribution in [0.3, 0.4) is 0 Å². The molecule has 1 fully saturated rings. The molecular formula is C16H16Cl3F3N2S. The van der Waals surface area contributed by atoms with Crippen LogP contribution in [0.15, 0.2) is 30.3 Å². The van der Waals surface area contributed by atoms with E-state index in [1.165, 1.54) is 23.5 Å². The minimum atomic E-state index is -4.46. The average molecular weight is 432 g/mol. The van der Waals surface area contributed by atoms with E-state index in [4.69, 9.17) is 23.2 Å². The maximum atomic E-state index is 13.6. The number of nitrogens with zero attached hydrogens (tertiary/aromatic N) is 1. The van der Waals surface area contributed by atoms with Gasteiger partial charge in [0.2, 0.25) is 0 Å². The van der Waals surface area contributed by atoms with Crippen LogP contribution in [-0.4, -0.2) is 31.1 Å². The lowest BCUT2D eigenvalue weighted by atomic mass is 9.96. The highest BCUT2D eigenvalue weighted by Crippen LogP contribution is 2.42. The van der Waals surface area contributed by atoms with Gasteiger partial charge in [0, 0.05) is 36.1 Å². The SMILES string of the molecule is Cl.FC(F)(F)c1cc(Cl)ccc1[C@H](c1ccc(Cl)s1)N1CCNCC1. The zero-order valence-electron chi connectivity index (χ0n) is 12.9. The number of thiophene rings is 1. The summed E-state index contributed by atoms with van der Waals surface area (Å²) < 4.78 is 41.3.